The number of rotatable bonds is 10. The molecule has 0 N–H and O–H groups in total. The minimum absolute atomic E-state index is 0.0356. The fraction of sp³-hybridized carbons (Fsp3) is 0.966. The molecule has 2 fully saturated rings. The van der Waals surface area contributed by atoms with Crippen molar-refractivity contribution in [2.24, 2.45) is 35.0 Å². The van der Waals surface area contributed by atoms with E-state index < -0.39 is 110 Å². The van der Waals surface area contributed by atoms with Crippen molar-refractivity contribution >= 4 is 5.97 Å². The minimum Gasteiger partial charge on any atom is -0.438 e. The zero-order valence-electron chi connectivity index (χ0n) is 26.6. The molecule has 2 saturated carbocycles. The van der Waals surface area contributed by atoms with Crippen molar-refractivity contribution in [2.75, 3.05) is 6.79 Å². The number of esters is 1. The number of hydrogen-bond donors (Lipinski definition) is 0. The zero-order chi connectivity index (χ0) is 37.5. The van der Waals surface area contributed by atoms with E-state index in [1.54, 1.807) is 20.8 Å². The zero-order valence-corrected chi connectivity index (χ0v) is 26.6. The van der Waals surface area contributed by atoms with Gasteiger partial charge in [0.1, 0.15) is 6.79 Å². The van der Waals surface area contributed by atoms with Crippen molar-refractivity contribution < 1.29 is 84.9 Å². The second kappa shape index (κ2) is 14.2. The number of carbonyl (C=O) groups excluding carboxylic acids is 1. The normalized spacial score (nSPS) is 27.1. The molecule has 0 aromatic carbocycles. The molecule has 19 heteroatoms. The Bertz CT molecular complexity index is 1050. The second-order valence-corrected chi connectivity index (χ2v) is 13.4. The smallest absolute Gasteiger partial charge is 0.437 e. The predicted molar refractivity (Wildman–Crippen MR) is 138 cm³/mol. The fourth-order valence-corrected chi connectivity index (χ4v) is 6.90. The summed E-state index contributed by atoms with van der Waals surface area (Å²) in [5.41, 5.74) is -15.2. The van der Waals surface area contributed by atoms with Gasteiger partial charge in [-0.1, -0.05) is 40.5 Å². The molecular formula is C29H39F15O4. The number of alkyl halides is 15. The molecule has 6 unspecified atom stereocenters. The highest BCUT2D eigenvalue weighted by Gasteiger charge is 2.81. The lowest BCUT2D eigenvalue weighted by Crippen LogP contribution is -2.69. The first-order valence-electron chi connectivity index (χ1n) is 15.3. The summed E-state index contributed by atoms with van der Waals surface area (Å²) in [6.45, 7) is 4.14. The van der Waals surface area contributed by atoms with E-state index >= 15 is 0 Å². The Labute approximate surface area is 267 Å². The van der Waals surface area contributed by atoms with Crippen LogP contribution in [0.2, 0.25) is 0 Å². The van der Waals surface area contributed by atoms with Crippen LogP contribution >= 0.6 is 0 Å². The Hall–Kier alpha value is -1.66. The van der Waals surface area contributed by atoms with E-state index in [4.69, 9.17) is 4.74 Å². The molecule has 0 spiro atoms. The molecule has 0 saturated heterocycles. The standard InChI is InChI=1S/C29H39F15O4/c1-6-22(5,25(30,31)32)21(45)48-24(28(39,40)41,29(42,43)44)18-9-7-8-17(13-18)23(26(33,34)35,27(36,37)38)47-14-46-20-12-16(4)10-11-19(20)15(2)3/h15-20H,6-14H2,1-5H3. The SMILES string of the molecule is CCC(C)(C(=O)OC(C1CCCC(C(OCOC2CC(C)CCC2C(C)C)(C(F)(F)F)C(F)(F)F)C1)(C(F)(F)F)C(F)(F)F)C(F)(F)F. The maximum Gasteiger partial charge on any atom is 0.437 e. The first-order valence-corrected chi connectivity index (χ1v) is 15.3. The van der Waals surface area contributed by atoms with Crippen LogP contribution in [0.1, 0.15) is 86.0 Å². The fourth-order valence-electron chi connectivity index (χ4n) is 6.90. The van der Waals surface area contributed by atoms with Gasteiger partial charge in [0.05, 0.1) is 6.10 Å². The van der Waals surface area contributed by atoms with Gasteiger partial charge < -0.3 is 14.2 Å². The quantitative estimate of drug-likeness (QED) is 0.127. The Balaban J connectivity index is 2.65. The van der Waals surface area contributed by atoms with Crippen LogP contribution in [0.5, 0.6) is 0 Å². The van der Waals surface area contributed by atoms with Gasteiger partial charge in [0.25, 0.3) is 5.60 Å². The average molecular weight is 737 g/mol. The number of hydrogen-bond acceptors (Lipinski definition) is 4. The highest BCUT2D eigenvalue weighted by Crippen LogP contribution is 2.61. The van der Waals surface area contributed by atoms with Crippen LogP contribution < -0.4 is 0 Å². The average Bonchev–Trinajstić information content (AvgIpc) is 2.89. The van der Waals surface area contributed by atoms with Crippen molar-refractivity contribution in [1.29, 1.82) is 0 Å². The summed E-state index contributed by atoms with van der Waals surface area (Å²) in [7, 11) is 0. The molecule has 0 radical (unpaired) electrons. The lowest BCUT2D eigenvalue weighted by atomic mass is 9.66. The van der Waals surface area contributed by atoms with Gasteiger partial charge >= 0.3 is 42.5 Å². The maximum absolute atomic E-state index is 14.6. The molecule has 2 aliphatic carbocycles. The molecule has 6 atom stereocenters. The summed E-state index contributed by atoms with van der Waals surface area (Å²) in [6, 6.07) is 0. The van der Waals surface area contributed by atoms with Crippen molar-refractivity contribution in [3.05, 3.63) is 0 Å². The molecule has 0 aromatic rings. The van der Waals surface area contributed by atoms with E-state index in [1.165, 1.54) is 0 Å². The highest BCUT2D eigenvalue weighted by atomic mass is 19.4. The van der Waals surface area contributed by atoms with Crippen molar-refractivity contribution in [2.45, 2.75) is 134 Å². The first kappa shape index (κ1) is 42.5. The molecule has 2 rings (SSSR count). The number of halogens is 15. The monoisotopic (exact) mass is 736 g/mol. The van der Waals surface area contributed by atoms with Crippen molar-refractivity contribution in [3.8, 4) is 0 Å². The highest BCUT2D eigenvalue weighted by molar-refractivity contribution is 5.78. The van der Waals surface area contributed by atoms with E-state index in [-0.39, 0.29) is 31.1 Å². The summed E-state index contributed by atoms with van der Waals surface area (Å²) >= 11 is 0. The van der Waals surface area contributed by atoms with E-state index in [1.807, 2.05) is 0 Å². The predicted octanol–water partition coefficient (Wildman–Crippen LogP) is 10.5. The van der Waals surface area contributed by atoms with Gasteiger partial charge in [0, 0.05) is 11.8 Å². The summed E-state index contributed by atoms with van der Waals surface area (Å²) in [5, 5.41) is 0. The molecule has 0 heterocycles. The molecule has 4 nitrogen and oxygen atoms in total. The Kier molecular flexibility index (Phi) is 12.5. The Morgan fingerprint density at radius 1 is 0.688 bits per heavy atom. The van der Waals surface area contributed by atoms with Gasteiger partial charge in [-0.3, -0.25) is 4.79 Å². The molecule has 0 bridgehead atoms. The van der Waals surface area contributed by atoms with Crippen LogP contribution in [0, 0.1) is 35.0 Å². The third-order valence-electron chi connectivity index (χ3n) is 10.1. The van der Waals surface area contributed by atoms with Gasteiger partial charge in [-0.15, -0.1) is 0 Å². The van der Waals surface area contributed by atoms with Gasteiger partial charge in [0.2, 0.25) is 0 Å². The summed E-state index contributed by atoms with van der Waals surface area (Å²) in [5.74, 6) is -10.1. The van der Waals surface area contributed by atoms with Gasteiger partial charge in [-0.25, -0.2) is 0 Å². The minimum atomic E-state index is -6.83. The second-order valence-electron chi connectivity index (χ2n) is 13.4. The molecule has 0 aromatic heterocycles. The lowest BCUT2D eigenvalue weighted by Gasteiger charge is -2.50. The van der Waals surface area contributed by atoms with Gasteiger partial charge in [-0.2, -0.15) is 65.9 Å². The molecule has 284 valence electrons. The topological polar surface area (TPSA) is 44.8 Å². The van der Waals surface area contributed by atoms with Crippen LogP contribution in [0.4, 0.5) is 65.9 Å². The summed E-state index contributed by atoms with van der Waals surface area (Å²) < 4.78 is 229. The van der Waals surface area contributed by atoms with Gasteiger partial charge in [0.15, 0.2) is 5.41 Å². The Morgan fingerprint density at radius 2 is 1.15 bits per heavy atom. The summed E-state index contributed by atoms with van der Waals surface area (Å²) in [6.07, 6.45) is -39.2. The molecule has 2 aliphatic rings. The van der Waals surface area contributed by atoms with Crippen LogP contribution in [-0.4, -0.2) is 60.9 Å². The molecule has 48 heavy (non-hydrogen) atoms. The van der Waals surface area contributed by atoms with E-state index in [9.17, 15) is 70.7 Å². The number of ether oxygens (including phenoxy) is 3. The Morgan fingerprint density at radius 3 is 1.54 bits per heavy atom. The molecule has 0 amide bonds. The number of carbonyl (C=O) groups is 1. The van der Waals surface area contributed by atoms with Crippen molar-refractivity contribution in [1.82, 2.24) is 0 Å². The van der Waals surface area contributed by atoms with E-state index in [2.05, 4.69) is 9.47 Å². The molecule has 0 aliphatic heterocycles. The van der Waals surface area contributed by atoms with Crippen LogP contribution in [0.25, 0.3) is 0 Å². The largest absolute Gasteiger partial charge is 0.438 e. The van der Waals surface area contributed by atoms with Crippen LogP contribution in [0.3, 0.4) is 0 Å². The summed E-state index contributed by atoms with van der Waals surface area (Å²) in [4.78, 5) is 12.5. The van der Waals surface area contributed by atoms with E-state index in [0.717, 1.165) is 0 Å². The third-order valence-corrected chi connectivity index (χ3v) is 10.1. The van der Waals surface area contributed by atoms with Gasteiger partial charge in [-0.05, 0) is 63.2 Å². The molecular weight excluding hydrogens is 697 g/mol. The third kappa shape index (κ3) is 7.80. The van der Waals surface area contributed by atoms with E-state index in [0.29, 0.717) is 19.8 Å². The van der Waals surface area contributed by atoms with Crippen molar-refractivity contribution in [3.63, 3.8) is 0 Å². The maximum atomic E-state index is 14.6. The van der Waals surface area contributed by atoms with Crippen LogP contribution in [-0.2, 0) is 19.0 Å². The lowest BCUT2D eigenvalue weighted by molar-refractivity contribution is -0.421. The first-order chi connectivity index (χ1) is 21.4. The van der Waals surface area contributed by atoms with Crippen LogP contribution in [0.15, 0.2) is 0 Å².